The highest BCUT2D eigenvalue weighted by Crippen LogP contribution is 2.32. The molecule has 1 atom stereocenters. The maximum absolute atomic E-state index is 12.6. The Morgan fingerprint density at radius 3 is 2.61 bits per heavy atom. The molecular weight excluding hydrogens is 312 g/mol. The van der Waals surface area contributed by atoms with E-state index in [-0.39, 0.29) is 17.7 Å². The number of halogens is 1. The fourth-order valence-electron chi connectivity index (χ4n) is 3.78. The van der Waals surface area contributed by atoms with Crippen LogP contribution >= 0.6 is 11.6 Å². The van der Waals surface area contributed by atoms with E-state index in [0.717, 1.165) is 24.0 Å². The van der Waals surface area contributed by atoms with Gasteiger partial charge in [0.25, 0.3) is 0 Å². The van der Waals surface area contributed by atoms with E-state index in [1.807, 2.05) is 30.9 Å². The molecular formula is C18H23ClN2O2. The number of carbonyl (C=O) groups excluding carboxylic acids is 2. The van der Waals surface area contributed by atoms with Gasteiger partial charge in [0.2, 0.25) is 11.8 Å². The molecule has 124 valence electrons. The summed E-state index contributed by atoms with van der Waals surface area (Å²) in [5, 5.41) is 3.48. The van der Waals surface area contributed by atoms with Gasteiger partial charge in [-0.3, -0.25) is 9.59 Å². The first-order chi connectivity index (χ1) is 11.0. The van der Waals surface area contributed by atoms with Crippen LogP contribution in [-0.2, 0) is 9.59 Å². The summed E-state index contributed by atoms with van der Waals surface area (Å²) in [4.78, 5) is 26.7. The Labute approximate surface area is 142 Å². The first kappa shape index (κ1) is 16.3. The lowest BCUT2D eigenvalue weighted by molar-refractivity contribution is -0.129. The normalized spacial score (nSPS) is 22.0. The standard InChI is InChI=1S/C18H23ClN2O2/c1-11-7-12(2)17(15(19)8-11)20-18(23)13-9-16(22)21(10-13)14-5-3-4-6-14/h7-8,13-14H,3-6,9-10H2,1-2H3,(H,20,23)/t13-/m1/s1. The highest BCUT2D eigenvalue weighted by atomic mass is 35.5. The zero-order valence-corrected chi connectivity index (χ0v) is 14.4. The zero-order valence-electron chi connectivity index (χ0n) is 13.7. The van der Waals surface area contributed by atoms with E-state index < -0.39 is 0 Å². The summed E-state index contributed by atoms with van der Waals surface area (Å²) >= 11 is 6.25. The number of amides is 2. The molecule has 3 rings (SSSR count). The van der Waals surface area contributed by atoms with Gasteiger partial charge in [0.15, 0.2) is 0 Å². The number of benzene rings is 1. The fourth-order valence-corrected chi connectivity index (χ4v) is 4.14. The molecule has 1 saturated heterocycles. The van der Waals surface area contributed by atoms with Crippen LogP contribution in [0.1, 0.15) is 43.2 Å². The third-order valence-electron chi connectivity index (χ3n) is 4.97. The second-order valence-corrected chi connectivity index (χ2v) is 7.22. The van der Waals surface area contributed by atoms with Crippen LogP contribution in [-0.4, -0.2) is 29.3 Å². The molecule has 0 aromatic heterocycles. The van der Waals surface area contributed by atoms with E-state index in [4.69, 9.17) is 11.6 Å². The summed E-state index contributed by atoms with van der Waals surface area (Å²) in [6.45, 7) is 4.44. The van der Waals surface area contributed by atoms with Gasteiger partial charge in [-0.25, -0.2) is 0 Å². The van der Waals surface area contributed by atoms with Crippen molar-refractivity contribution in [2.24, 2.45) is 5.92 Å². The first-order valence-electron chi connectivity index (χ1n) is 8.33. The van der Waals surface area contributed by atoms with Crippen molar-refractivity contribution >= 4 is 29.1 Å². The SMILES string of the molecule is Cc1cc(C)c(NC(=O)[C@@H]2CC(=O)N(C3CCCC3)C2)c(Cl)c1. The number of anilines is 1. The Hall–Kier alpha value is -1.55. The summed E-state index contributed by atoms with van der Waals surface area (Å²) < 4.78 is 0. The molecule has 1 aromatic rings. The summed E-state index contributed by atoms with van der Waals surface area (Å²) in [6.07, 6.45) is 4.82. The highest BCUT2D eigenvalue weighted by molar-refractivity contribution is 6.34. The van der Waals surface area contributed by atoms with Gasteiger partial charge in [-0.15, -0.1) is 0 Å². The van der Waals surface area contributed by atoms with Crippen LogP contribution in [0.15, 0.2) is 12.1 Å². The quantitative estimate of drug-likeness (QED) is 0.916. The minimum atomic E-state index is -0.278. The summed E-state index contributed by atoms with van der Waals surface area (Å²) in [7, 11) is 0. The Morgan fingerprint density at radius 1 is 1.26 bits per heavy atom. The number of hydrogen-bond acceptors (Lipinski definition) is 2. The Kier molecular flexibility index (Phi) is 4.62. The van der Waals surface area contributed by atoms with Gasteiger partial charge in [0, 0.05) is 19.0 Å². The van der Waals surface area contributed by atoms with Crippen LogP contribution in [0.5, 0.6) is 0 Å². The molecule has 0 unspecified atom stereocenters. The molecule has 1 heterocycles. The maximum atomic E-state index is 12.6. The maximum Gasteiger partial charge on any atom is 0.229 e. The van der Waals surface area contributed by atoms with Gasteiger partial charge in [-0.05, 0) is 43.9 Å². The molecule has 1 aliphatic heterocycles. The second-order valence-electron chi connectivity index (χ2n) is 6.81. The molecule has 2 amide bonds. The van der Waals surface area contributed by atoms with Crippen molar-refractivity contribution in [3.05, 3.63) is 28.3 Å². The predicted octanol–water partition coefficient (Wildman–Crippen LogP) is 3.69. The topological polar surface area (TPSA) is 49.4 Å². The molecule has 1 aliphatic carbocycles. The lowest BCUT2D eigenvalue weighted by atomic mass is 10.1. The van der Waals surface area contributed by atoms with E-state index >= 15 is 0 Å². The third-order valence-corrected chi connectivity index (χ3v) is 5.27. The highest BCUT2D eigenvalue weighted by Gasteiger charge is 2.38. The Bertz CT molecular complexity index is 615. The molecule has 1 aromatic carbocycles. The van der Waals surface area contributed by atoms with Crippen molar-refractivity contribution in [1.82, 2.24) is 4.90 Å². The van der Waals surface area contributed by atoms with Gasteiger partial charge in [-0.2, -0.15) is 0 Å². The van der Waals surface area contributed by atoms with Crippen LogP contribution in [0, 0.1) is 19.8 Å². The molecule has 4 nitrogen and oxygen atoms in total. The van der Waals surface area contributed by atoms with E-state index in [9.17, 15) is 9.59 Å². The van der Waals surface area contributed by atoms with Crippen molar-refractivity contribution in [2.45, 2.75) is 52.0 Å². The molecule has 2 aliphatic rings. The smallest absolute Gasteiger partial charge is 0.229 e. The molecule has 23 heavy (non-hydrogen) atoms. The molecule has 1 saturated carbocycles. The van der Waals surface area contributed by atoms with Crippen molar-refractivity contribution in [3.63, 3.8) is 0 Å². The number of nitrogens with one attached hydrogen (secondary N) is 1. The van der Waals surface area contributed by atoms with Gasteiger partial charge >= 0.3 is 0 Å². The number of hydrogen-bond donors (Lipinski definition) is 1. The lowest BCUT2D eigenvalue weighted by Crippen LogP contribution is -2.35. The molecule has 0 radical (unpaired) electrons. The Balaban J connectivity index is 1.69. The van der Waals surface area contributed by atoms with Crippen LogP contribution < -0.4 is 5.32 Å². The largest absolute Gasteiger partial charge is 0.339 e. The van der Waals surface area contributed by atoms with E-state index in [0.29, 0.717) is 29.7 Å². The van der Waals surface area contributed by atoms with Crippen LogP contribution in [0.25, 0.3) is 0 Å². The summed E-state index contributed by atoms with van der Waals surface area (Å²) in [5.41, 5.74) is 2.67. The number of rotatable bonds is 3. The molecule has 5 heteroatoms. The van der Waals surface area contributed by atoms with Crippen LogP contribution in [0.2, 0.25) is 5.02 Å². The average Bonchev–Trinajstić information content (AvgIpc) is 3.11. The van der Waals surface area contributed by atoms with Gasteiger partial charge in [-0.1, -0.05) is 30.5 Å². The number of carbonyl (C=O) groups is 2. The fraction of sp³-hybridized carbons (Fsp3) is 0.556. The van der Waals surface area contributed by atoms with E-state index in [1.54, 1.807) is 0 Å². The van der Waals surface area contributed by atoms with Gasteiger partial charge < -0.3 is 10.2 Å². The Morgan fingerprint density at radius 2 is 1.96 bits per heavy atom. The average molecular weight is 335 g/mol. The first-order valence-corrected chi connectivity index (χ1v) is 8.70. The molecule has 1 N–H and O–H groups in total. The van der Waals surface area contributed by atoms with Crippen molar-refractivity contribution in [2.75, 3.05) is 11.9 Å². The van der Waals surface area contributed by atoms with Crippen molar-refractivity contribution in [3.8, 4) is 0 Å². The monoisotopic (exact) mass is 334 g/mol. The molecule has 0 bridgehead atoms. The summed E-state index contributed by atoms with van der Waals surface area (Å²) in [5.74, 6) is -0.267. The van der Waals surface area contributed by atoms with E-state index in [2.05, 4.69) is 5.32 Å². The zero-order chi connectivity index (χ0) is 16.6. The minimum Gasteiger partial charge on any atom is -0.339 e. The van der Waals surface area contributed by atoms with E-state index in [1.165, 1.54) is 12.8 Å². The summed E-state index contributed by atoms with van der Waals surface area (Å²) in [6, 6.07) is 4.17. The molecule has 0 spiro atoms. The van der Waals surface area contributed by atoms with Gasteiger partial charge in [0.05, 0.1) is 16.6 Å². The van der Waals surface area contributed by atoms with Crippen molar-refractivity contribution < 1.29 is 9.59 Å². The van der Waals surface area contributed by atoms with Crippen LogP contribution in [0.3, 0.4) is 0 Å². The predicted molar refractivity (Wildman–Crippen MR) is 91.6 cm³/mol. The third kappa shape index (κ3) is 3.37. The van der Waals surface area contributed by atoms with Crippen molar-refractivity contribution in [1.29, 1.82) is 0 Å². The van der Waals surface area contributed by atoms with Gasteiger partial charge in [0.1, 0.15) is 0 Å². The molecule has 2 fully saturated rings. The minimum absolute atomic E-state index is 0.104. The number of likely N-dealkylation sites (tertiary alicyclic amines) is 1. The van der Waals surface area contributed by atoms with Crippen LogP contribution in [0.4, 0.5) is 5.69 Å². The number of aryl methyl sites for hydroxylation is 2. The number of nitrogens with zero attached hydrogens (tertiary/aromatic N) is 1. The lowest BCUT2D eigenvalue weighted by Gasteiger charge is -2.24. The second kappa shape index (κ2) is 6.52.